The van der Waals surface area contributed by atoms with Gasteiger partial charge in [-0.05, 0) is 69.2 Å². The molecule has 0 bridgehead atoms. The molecule has 0 aromatic rings. The molecule has 0 aromatic carbocycles. The van der Waals surface area contributed by atoms with Gasteiger partial charge < -0.3 is 5.32 Å². The van der Waals surface area contributed by atoms with Crippen molar-refractivity contribution in [2.45, 2.75) is 70.9 Å². The summed E-state index contributed by atoms with van der Waals surface area (Å²) in [7, 11) is 0. The van der Waals surface area contributed by atoms with Gasteiger partial charge in [0, 0.05) is 25.2 Å². The normalized spacial score (nSPS) is 39.9. The van der Waals surface area contributed by atoms with Crippen molar-refractivity contribution in [3.63, 3.8) is 0 Å². The Morgan fingerprint density at radius 2 is 1.84 bits per heavy atom. The maximum atomic E-state index is 3.70. The molecule has 1 saturated heterocycles. The lowest BCUT2D eigenvalue weighted by Crippen LogP contribution is -2.48. The van der Waals surface area contributed by atoms with Crippen molar-refractivity contribution in [1.82, 2.24) is 10.2 Å². The minimum atomic E-state index is 0.783. The van der Waals surface area contributed by atoms with Gasteiger partial charge in [-0.2, -0.15) is 0 Å². The highest BCUT2D eigenvalue weighted by atomic mass is 15.2. The molecule has 0 radical (unpaired) electrons. The van der Waals surface area contributed by atoms with E-state index in [2.05, 4.69) is 24.1 Å². The smallest absolute Gasteiger partial charge is 0.0195 e. The summed E-state index contributed by atoms with van der Waals surface area (Å²) in [5.41, 5.74) is 0. The Hall–Kier alpha value is -0.0800. The van der Waals surface area contributed by atoms with E-state index in [-0.39, 0.29) is 0 Å². The first kappa shape index (κ1) is 13.9. The van der Waals surface area contributed by atoms with Gasteiger partial charge in [-0.3, -0.25) is 4.90 Å². The lowest BCUT2D eigenvalue weighted by atomic mass is 9.79. The van der Waals surface area contributed by atoms with Crippen molar-refractivity contribution >= 4 is 0 Å². The summed E-state index contributed by atoms with van der Waals surface area (Å²) in [4.78, 5) is 2.89. The van der Waals surface area contributed by atoms with Crippen LogP contribution in [-0.4, -0.2) is 36.6 Å². The van der Waals surface area contributed by atoms with Crippen LogP contribution in [0.5, 0.6) is 0 Å². The maximum absolute atomic E-state index is 3.70. The van der Waals surface area contributed by atoms with Crippen LogP contribution in [0.3, 0.4) is 0 Å². The lowest BCUT2D eigenvalue weighted by molar-refractivity contribution is 0.0816. The van der Waals surface area contributed by atoms with Crippen molar-refractivity contribution in [1.29, 1.82) is 0 Å². The molecule has 0 spiro atoms. The first-order valence-corrected chi connectivity index (χ1v) is 8.70. The molecule has 1 heterocycles. The molecule has 3 fully saturated rings. The van der Waals surface area contributed by atoms with E-state index < -0.39 is 0 Å². The van der Waals surface area contributed by atoms with Crippen molar-refractivity contribution in [2.24, 2.45) is 17.8 Å². The molecule has 2 saturated carbocycles. The van der Waals surface area contributed by atoms with Crippen LogP contribution >= 0.6 is 0 Å². The predicted molar refractivity (Wildman–Crippen MR) is 81.3 cm³/mol. The first-order valence-electron chi connectivity index (χ1n) is 8.70. The molecule has 3 aliphatic rings. The van der Waals surface area contributed by atoms with Crippen molar-refractivity contribution in [3.8, 4) is 0 Å². The molecule has 4 atom stereocenters. The summed E-state index contributed by atoms with van der Waals surface area (Å²) in [5, 5.41) is 3.70. The van der Waals surface area contributed by atoms with Gasteiger partial charge in [-0.1, -0.05) is 13.8 Å². The second kappa shape index (κ2) is 6.13. The van der Waals surface area contributed by atoms with E-state index in [1.807, 2.05) is 0 Å². The van der Waals surface area contributed by atoms with Gasteiger partial charge in [-0.25, -0.2) is 0 Å². The monoisotopic (exact) mass is 264 g/mol. The van der Waals surface area contributed by atoms with Crippen LogP contribution in [0.25, 0.3) is 0 Å². The summed E-state index contributed by atoms with van der Waals surface area (Å²) < 4.78 is 0. The Bertz CT molecular complexity index is 281. The average Bonchev–Trinajstić information content (AvgIpc) is 3.03. The minimum absolute atomic E-state index is 0.783. The molecular weight excluding hydrogens is 232 g/mol. The average molecular weight is 264 g/mol. The van der Waals surface area contributed by atoms with E-state index in [1.165, 1.54) is 64.6 Å². The minimum Gasteiger partial charge on any atom is -0.313 e. The van der Waals surface area contributed by atoms with E-state index in [1.54, 1.807) is 0 Å². The number of hydrogen-bond donors (Lipinski definition) is 1. The van der Waals surface area contributed by atoms with Crippen molar-refractivity contribution in [2.75, 3.05) is 19.6 Å². The first-order chi connectivity index (χ1) is 9.22. The fraction of sp³-hybridized carbons (Fsp3) is 1.00. The fourth-order valence-corrected chi connectivity index (χ4v) is 4.36. The molecule has 1 N–H and O–H groups in total. The zero-order valence-electron chi connectivity index (χ0n) is 12.9. The maximum Gasteiger partial charge on any atom is 0.0195 e. The van der Waals surface area contributed by atoms with Crippen LogP contribution in [-0.2, 0) is 0 Å². The molecule has 19 heavy (non-hydrogen) atoms. The van der Waals surface area contributed by atoms with E-state index in [0.29, 0.717) is 0 Å². The third-order valence-electron chi connectivity index (χ3n) is 5.66. The Labute approximate surface area is 119 Å². The summed E-state index contributed by atoms with van der Waals surface area (Å²) >= 11 is 0. The summed E-state index contributed by atoms with van der Waals surface area (Å²) in [6.45, 7) is 8.90. The fourth-order valence-electron chi connectivity index (χ4n) is 4.36. The van der Waals surface area contributed by atoms with Crippen molar-refractivity contribution in [3.05, 3.63) is 0 Å². The van der Waals surface area contributed by atoms with Crippen LogP contribution in [0.1, 0.15) is 58.8 Å². The number of nitrogens with one attached hydrogen (secondary N) is 1. The molecule has 1 aliphatic heterocycles. The molecule has 2 heteroatoms. The number of nitrogens with zero attached hydrogens (tertiary/aromatic N) is 1. The molecule has 2 nitrogen and oxygen atoms in total. The molecule has 0 aromatic heterocycles. The zero-order chi connectivity index (χ0) is 13.2. The van der Waals surface area contributed by atoms with Gasteiger partial charge in [0.05, 0.1) is 0 Å². The molecular formula is C17H32N2. The van der Waals surface area contributed by atoms with E-state index in [9.17, 15) is 0 Å². The van der Waals surface area contributed by atoms with E-state index in [4.69, 9.17) is 0 Å². The van der Waals surface area contributed by atoms with Gasteiger partial charge in [0.2, 0.25) is 0 Å². The van der Waals surface area contributed by atoms with Gasteiger partial charge >= 0.3 is 0 Å². The Morgan fingerprint density at radius 1 is 1.00 bits per heavy atom. The quantitative estimate of drug-likeness (QED) is 0.820. The SMILES string of the molecule is CC1CCC(N(CC2CC2)CC2CCCN2)C(C)C1. The Kier molecular flexibility index (Phi) is 4.48. The topological polar surface area (TPSA) is 15.3 Å². The highest BCUT2D eigenvalue weighted by molar-refractivity contribution is 4.90. The van der Waals surface area contributed by atoms with Gasteiger partial charge in [0.25, 0.3) is 0 Å². The van der Waals surface area contributed by atoms with E-state index in [0.717, 1.165) is 29.8 Å². The largest absolute Gasteiger partial charge is 0.313 e. The van der Waals surface area contributed by atoms with Crippen LogP contribution in [0, 0.1) is 17.8 Å². The summed E-state index contributed by atoms with van der Waals surface area (Å²) in [6.07, 6.45) is 10.1. The molecule has 110 valence electrons. The third-order valence-corrected chi connectivity index (χ3v) is 5.66. The zero-order valence-corrected chi connectivity index (χ0v) is 12.9. The van der Waals surface area contributed by atoms with Crippen LogP contribution in [0.15, 0.2) is 0 Å². The Morgan fingerprint density at radius 3 is 2.47 bits per heavy atom. The van der Waals surface area contributed by atoms with Crippen LogP contribution in [0.4, 0.5) is 0 Å². The second-order valence-electron chi connectivity index (χ2n) is 7.65. The highest BCUT2D eigenvalue weighted by Crippen LogP contribution is 2.36. The van der Waals surface area contributed by atoms with Crippen molar-refractivity contribution < 1.29 is 0 Å². The van der Waals surface area contributed by atoms with Gasteiger partial charge in [0.1, 0.15) is 0 Å². The number of rotatable bonds is 5. The number of hydrogen-bond acceptors (Lipinski definition) is 2. The lowest BCUT2D eigenvalue weighted by Gasteiger charge is -2.42. The highest BCUT2D eigenvalue weighted by Gasteiger charge is 2.34. The second-order valence-corrected chi connectivity index (χ2v) is 7.65. The summed E-state index contributed by atoms with van der Waals surface area (Å²) in [6, 6.07) is 1.66. The van der Waals surface area contributed by atoms with E-state index >= 15 is 0 Å². The molecule has 2 aliphatic carbocycles. The third kappa shape index (κ3) is 3.72. The molecule has 3 rings (SSSR count). The standard InChI is InChI=1S/C17H32N2/c1-13-5-8-17(14(2)10-13)19(11-15-6-7-15)12-16-4-3-9-18-16/h13-18H,3-12H2,1-2H3. The van der Waals surface area contributed by atoms with Crippen LogP contribution in [0.2, 0.25) is 0 Å². The van der Waals surface area contributed by atoms with Crippen LogP contribution < -0.4 is 5.32 Å². The van der Waals surface area contributed by atoms with Gasteiger partial charge in [-0.15, -0.1) is 0 Å². The van der Waals surface area contributed by atoms with Gasteiger partial charge in [0.15, 0.2) is 0 Å². The summed E-state index contributed by atoms with van der Waals surface area (Å²) in [5.74, 6) is 2.90. The molecule has 0 amide bonds. The molecule has 4 unspecified atom stereocenters. The predicted octanol–water partition coefficient (Wildman–Crippen LogP) is 3.28. The Balaban J connectivity index is 1.59.